The van der Waals surface area contributed by atoms with Crippen molar-refractivity contribution in [3.63, 3.8) is 0 Å². The molecule has 0 spiro atoms. The minimum Gasteiger partial charge on any atom is -0.382 e. The molecule has 6 nitrogen and oxygen atoms in total. The summed E-state index contributed by atoms with van der Waals surface area (Å²) in [6.07, 6.45) is 5.76. The van der Waals surface area contributed by atoms with E-state index in [2.05, 4.69) is 10.3 Å². The van der Waals surface area contributed by atoms with Crippen LogP contribution in [0, 0.1) is 0 Å². The lowest BCUT2D eigenvalue weighted by molar-refractivity contribution is -0.132. The van der Waals surface area contributed by atoms with E-state index in [4.69, 9.17) is 28.0 Å². The Hall–Kier alpha value is -2.05. The number of carbonyl (C=O) groups excluding carboxylic acids is 1. The maximum Gasteiger partial charge on any atom is 0.270 e. The summed E-state index contributed by atoms with van der Waals surface area (Å²) >= 11 is 12.0. The molecule has 0 saturated carbocycles. The van der Waals surface area contributed by atoms with Crippen LogP contribution in [0.4, 0.5) is 5.69 Å². The van der Waals surface area contributed by atoms with Crippen LogP contribution >= 0.6 is 23.2 Å². The Morgan fingerprint density at radius 3 is 3.00 bits per heavy atom. The minimum atomic E-state index is -0.617. The highest BCUT2D eigenvalue weighted by molar-refractivity contribution is 6.43. The summed E-state index contributed by atoms with van der Waals surface area (Å²) in [7, 11) is 1.81. The van der Waals surface area contributed by atoms with Crippen molar-refractivity contribution in [2.24, 2.45) is 12.2 Å². The smallest absolute Gasteiger partial charge is 0.270 e. The van der Waals surface area contributed by atoms with E-state index in [0.717, 1.165) is 12.1 Å². The number of benzene rings is 1. The lowest BCUT2D eigenvalue weighted by atomic mass is 10.1. The summed E-state index contributed by atoms with van der Waals surface area (Å²) in [4.78, 5) is 19.6. The molecule has 2 heterocycles. The largest absolute Gasteiger partial charge is 0.382 e. The van der Waals surface area contributed by atoms with Crippen LogP contribution in [0.3, 0.4) is 0 Å². The third kappa shape index (κ3) is 3.55. The molecule has 0 radical (unpaired) electrons. The Bertz CT molecular complexity index is 775. The van der Waals surface area contributed by atoms with Crippen LogP contribution in [-0.2, 0) is 16.7 Å². The zero-order valence-electron chi connectivity index (χ0n) is 13.0. The number of aryl methyl sites for hydroxylation is 1. The van der Waals surface area contributed by atoms with Crippen molar-refractivity contribution in [3.8, 4) is 0 Å². The quantitative estimate of drug-likeness (QED) is 0.616. The Balaban J connectivity index is 1.67. The van der Waals surface area contributed by atoms with E-state index in [1.165, 1.54) is 6.21 Å². The van der Waals surface area contributed by atoms with E-state index in [9.17, 15) is 4.79 Å². The van der Waals surface area contributed by atoms with Gasteiger partial charge in [0.1, 0.15) is 0 Å². The Morgan fingerprint density at radius 1 is 1.42 bits per heavy atom. The molecule has 2 aromatic rings. The number of amides is 1. The Morgan fingerprint density at radius 2 is 2.25 bits per heavy atom. The van der Waals surface area contributed by atoms with Gasteiger partial charge in [0.05, 0.1) is 28.1 Å². The molecule has 1 aliphatic rings. The summed E-state index contributed by atoms with van der Waals surface area (Å²) < 4.78 is 1.66. The topological polar surface area (TPSA) is 59.7 Å². The van der Waals surface area contributed by atoms with Crippen molar-refractivity contribution < 1.29 is 9.63 Å². The average molecular weight is 367 g/mol. The van der Waals surface area contributed by atoms with Crippen LogP contribution in [0.25, 0.3) is 0 Å². The number of halogens is 2. The van der Waals surface area contributed by atoms with Crippen molar-refractivity contribution in [1.29, 1.82) is 0 Å². The summed E-state index contributed by atoms with van der Waals surface area (Å²) in [5.41, 5.74) is 1.40. The van der Waals surface area contributed by atoms with E-state index in [1.54, 1.807) is 40.2 Å². The molecule has 1 amide bonds. The SMILES string of the molecule is Cn1cc(N2CCCC(O/N=C/c3cccc(Cl)c3Cl)C2=O)cn1. The van der Waals surface area contributed by atoms with Crippen LogP contribution in [0.1, 0.15) is 18.4 Å². The van der Waals surface area contributed by atoms with Gasteiger partial charge in [0.15, 0.2) is 0 Å². The van der Waals surface area contributed by atoms with Crippen molar-refractivity contribution in [1.82, 2.24) is 9.78 Å². The highest BCUT2D eigenvalue weighted by Crippen LogP contribution is 2.25. The highest BCUT2D eigenvalue weighted by Gasteiger charge is 2.32. The number of carbonyl (C=O) groups is 1. The van der Waals surface area contributed by atoms with Gasteiger partial charge < -0.3 is 9.74 Å². The third-order valence-electron chi connectivity index (χ3n) is 3.75. The summed E-state index contributed by atoms with van der Waals surface area (Å²) in [5.74, 6) is -0.122. The van der Waals surface area contributed by atoms with E-state index < -0.39 is 6.10 Å². The number of rotatable bonds is 4. The van der Waals surface area contributed by atoms with Gasteiger partial charge in [-0.3, -0.25) is 9.48 Å². The van der Waals surface area contributed by atoms with Gasteiger partial charge in [-0.25, -0.2) is 0 Å². The molecule has 3 rings (SSSR count). The number of piperidine rings is 1. The first-order valence-electron chi connectivity index (χ1n) is 7.49. The van der Waals surface area contributed by atoms with Gasteiger partial charge in [0, 0.05) is 25.4 Å². The molecule has 1 aromatic heterocycles. The van der Waals surface area contributed by atoms with Gasteiger partial charge in [-0.15, -0.1) is 0 Å². The fraction of sp³-hybridized carbons (Fsp3) is 0.312. The van der Waals surface area contributed by atoms with Crippen LogP contribution in [0.2, 0.25) is 10.0 Å². The molecule has 0 aliphatic carbocycles. The standard InChI is InChI=1S/C16H16Cl2N4O2/c1-21-10-12(9-19-21)22-7-3-6-14(16(22)23)24-20-8-11-4-2-5-13(17)15(11)18/h2,4-5,8-10,14H,3,6-7H2,1H3/b20-8+. The van der Waals surface area contributed by atoms with E-state index in [0.29, 0.717) is 28.6 Å². The number of hydrogen-bond donors (Lipinski definition) is 0. The second-order valence-corrected chi connectivity index (χ2v) is 6.26. The lowest BCUT2D eigenvalue weighted by Gasteiger charge is -2.29. The average Bonchev–Trinajstić information content (AvgIpc) is 2.99. The van der Waals surface area contributed by atoms with Crippen molar-refractivity contribution in [3.05, 3.63) is 46.2 Å². The maximum absolute atomic E-state index is 12.5. The molecule has 1 fully saturated rings. The number of nitrogens with zero attached hydrogens (tertiary/aromatic N) is 4. The number of anilines is 1. The molecule has 126 valence electrons. The molecule has 1 atom stereocenters. The van der Waals surface area contributed by atoms with Gasteiger partial charge >= 0.3 is 0 Å². The first kappa shape index (κ1) is 16.8. The number of hydrogen-bond acceptors (Lipinski definition) is 4. The summed E-state index contributed by atoms with van der Waals surface area (Å²) in [6.45, 7) is 0.647. The van der Waals surface area contributed by atoms with Gasteiger partial charge in [-0.1, -0.05) is 40.5 Å². The van der Waals surface area contributed by atoms with Crippen LogP contribution < -0.4 is 4.90 Å². The second-order valence-electron chi connectivity index (χ2n) is 5.48. The van der Waals surface area contributed by atoms with Crippen molar-refractivity contribution in [2.45, 2.75) is 18.9 Å². The van der Waals surface area contributed by atoms with Crippen LogP contribution in [0.15, 0.2) is 35.7 Å². The Kier molecular flexibility index (Phi) is 5.06. The molecular weight excluding hydrogens is 351 g/mol. The first-order chi connectivity index (χ1) is 11.6. The molecule has 1 aliphatic heterocycles. The summed E-state index contributed by atoms with van der Waals surface area (Å²) in [6, 6.07) is 5.23. The van der Waals surface area contributed by atoms with Gasteiger partial charge in [-0.2, -0.15) is 5.10 Å². The predicted octanol–water partition coefficient (Wildman–Crippen LogP) is 3.27. The van der Waals surface area contributed by atoms with E-state index in [-0.39, 0.29) is 5.91 Å². The molecule has 1 aromatic carbocycles. The van der Waals surface area contributed by atoms with Crippen LogP contribution in [-0.4, -0.2) is 34.6 Å². The monoisotopic (exact) mass is 366 g/mol. The zero-order valence-corrected chi connectivity index (χ0v) is 14.5. The first-order valence-corrected chi connectivity index (χ1v) is 8.25. The molecule has 8 heteroatoms. The molecule has 1 saturated heterocycles. The number of oxime groups is 1. The molecule has 0 N–H and O–H groups in total. The summed E-state index contributed by atoms with van der Waals surface area (Å²) in [5, 5.41) is 8.85. The zero-order chi connectivity index (χ0) is 17.1. The molecule has 0 bridgehead atoms. The number of aromatic nitrogens is 2. The lowest BCUT2D eigenvalue weighted by Crippen LogP contribution is -2.44. The second kappa shape index (κ2) is 7.23. The normalized spacial score (nSPS) is 18.4. The maximum atomic E-state index is 12.5. The third-order valence-corrected chi connectivity index (χ3v) is 4.59. The predicted molar refractivity (Wildman–Crippen MR) is 93.7 cm³/mol. The van der Waals surface area contributed by atoms with Gasteiger partial charge in [-0.05, 0) is 18.9 Å². The molecule has 24 heavy (non-hydrogen) atoms. The molecule has 1 unspecified atom stereocenters. The van der Waals surface area contributed by atoms with E-state index in [1.807, 2.05) is 7.05 Å². The highest BCUT2D eigenvalue weighted by atomic mass is 35.5. The minimum absolute atomic E-state index is 0.122. The van der Waals surface area contributed by atoms with Crippen molar-refractivity contribution in [2.75, 3.05) is 11.4 Å². The fourth-order valence-corrected chi connectivity index (χ4v) is 2.88. The van der Waals surface area contributed by atoms with Crippen LogP contribution in [0.5, 0.6) is 0 Å². The fourth-order valence-electron chi connectivity index (χ4n) is 2.52. The van der Waals surface area contributed by atoms with E-state index >= 15 is 0 Å². The van der Waals surface area contributed by atoms with Gasteiger partial charge in [0.25, 0.3) is 5.91 Å². The Labute approximate surface area is 149 Å². The van der Waals surface area contributed by atoms with Crippen molar-refractivity contribution >= 4 is 41.0 Å². The molecular formula is C16H16Cl2N4O2. The van der Waals surface area contributed by atoms with Gasteiger partial charge in [0.2, 0.25) is 6.10 Å².